The van der Waals surface area contributed by atoms with Crippen LogP contribution in [-0.2, 0) is 9.59 Å². The average molecular weight is 506 g/mol. The summed E-state index contributed by atoms with van der Waals surface area (Å²) in [7, 11) is 0. The minimum Gasteiger partial charge on any atom is -0.324 e. The number of fused-ring (bicyclic) bond motifs is 1. The van der Waals surface area contributed by atoms with Crippen molar-refractivity contribution in [3.8, 4) is 0 Å². The maximum absolute atomic E-state index is 15.0. The Morgan fingerprint density at radius 3 is 2.58 bits per heavy atom. The quantitative estimate of drug-likeness (QED) is 0.425. The maximum atomic E-state index is 15.0. The summed E-state index contributed by atoms with van der Waals surface area (Å²) >= 11 is 6.35. The lowest BCUT2D eigenvalue weighted by Crippen LogP contribution is -2.44. The molecule has 1 aliphatic heterocycles. The number of aliphatic imine (C=N–C) groups is 1. The normalized spacial score (nSPS) is 16.2. The molecule has 0 bridgehead atoms. The van der Waals surface area contributed by atoms with Crippen LogP contribution in [0, 0.1) is 25.6 Å². The molecule has 1 aliphatic rings. The summed E-state index contributed by atoms with van der Waals surface area (Å²) in [5, 5.41) is 3.36. The molecule has 1 N–H and O–H groups in total. The molecule has 2 atom stereocenters. The van der Waals surface area contributed by atoms with Crippen LogP contribution in [-0.4, -0.2) is 30.1 Å². The van der Waals surface area contributed by atoms with Crippen LogP contribution >= 0.6 is 11.6 Å². The Morgan fingerprint density at radius 2 is 1.86 bits per heavy atom. The van der Waals surface area contributed by atoms with Crippen LogP contribution in [0.3, 0.4) is 0 Å². The molecule has 3 aromatic carbocycles. The van der Waals surface area contributed by atoms with E-state index in [0.717, 1.165) is 11.1 Å². The summed E-state index contributed by atoms with van der Waals surface area (Å²) in [6.45, 7) is 7.60. The first-order valence-electron chi connectivity index (χ1n) is 12.0. The van der Waals surface area contributed by atoms with Crippen molar-refractivity contribution in [1.29, 1.82) is 0 Å². The summed E-state index contributed by atoms with van der Waals surface area (Å²) in [6, 6.07) is 16.3. The molecule has 2 amide bonds. The molecule has 0 saturated carbocycles. The molecule has 5 nitrogen and oxygen atoms in total. The standard InChI is InChI=1S/C29H29ClFN3O2/c1-5-17(2)27-29(36)34(16-26(35)32-24-12-8-9-18(3)19(24)4)25-14-13-20(30)15-22(25)28(33-27)21-10-6-7-11-23(21)31/h6-15,17,27H,5,16H2,1-4H3,(H,32,35)/t17-,27+/m1/s1. The van der Waals surface area contributed by atoms with Crippen molar-refractivity contribution in [3.63, 3.8) is 0 Å². The minimum absolute atomic E-state index is 0.131. The Labute approximate surface area is 216 Å². The van der Waals surface area contributed by atoms with E-state index in [4.69, 9.17) is 16.6 Å². The van der Waals surface area contributed by atoms with Crippen molar-refractivity contribution in [2.45, 2.75) is 40.2 Å². The Morgan fingerprint density at radius 1 is 1.11 bits per heavy atom. The number of nitrogens with one attached hydrogen (secondary N) is 1. The highest BCUT2D eigenvalue weighted by molar-refractivity contribution is 6.32. The second-order valence-electron chi connectivity index (χ2n) is 9.17. The van der Waals surface area contributed by atoms with Gasteiger partial charge >= 0.3 is 0 Å². The van der Waals surface area contributed by atoms with Gasteiger partial charge in [0.2, 0.25) is 5.91 Å². The van der Waals surface area contributed by atoms with Crippen molar-refractivity contribution in [2.24, 2.45) is 10.9 Å². The van der Waals surface area contributed by atoms with E-state index < -0.39 is 11.9 Å². The van der Waals surface area contributed by atoms with Gasteiger partial charge in [-0.25, -0.2) is 4.39 Å². The molecule has 0 fully saturated rings. The van der Waals surface area contributed by atoms with Gasteiger partial charge < -0.3 is 10.2 Å². The molecule has 0 aliphatic carbocycles. The zero-order chi connectivity index (χ0) is 26.0. The first-order chi connectivity index (χ1) is 17.2. The number of benzene rings is 3. The summed E-state index contributed by atoms with van der Waals surface area (Å²) in [4.78, 5) is 33.3. The predicted octanol–water partition coefficient (Wildman–Crippen LogP) is 6.33. The molecule has 0 saturated heterocycles. The molecule has 0 spiro atoms. The topological polar surface area (TPSA) is 61.8 Å². The summed E-state index contributed by atoms with van der Waals surface area (Å²) in [5.41, 5.74) is 4.31. The maximum Gasteiger partial charge on any atom is 0.252 e. The number of amides is 2. The van der Waals surface area contributed by atoms with Gasteiger partial charge in [-0.05, 0) is 67.3 Å². The van der Waals surface area contributed by atoms with Gasteiger partial charge in [-0.1, -0.05) is 56.1 Å². The largest absolute Gasteiger partial charge is 0.324 e. The zero-order valence-electron chi connectivity index (χ0n) is 20.8. The monoisotopic (exact) mass is 505 g/mol. The van der Waals surface area contributed by atoms with Crippen LogP contribution in [0.1, 0.15) is 42.5 Å². The highest BCUT2D eigenvalue weighted by atomic mass is 35.5. The average Bonchev–Trinajstić information content (AvgIpc) is 2.96. The van der Waals surface area contributed by atoms with Crippen LogP contribution in [0.5, 0.6) is 0 Å². The number of nitrogens with zero attached hydrogens (tertiary/aromatic N) is 2. The molecule has 186 valence electrons. The molecule has 36 heavy (non-hydrogen) atoms. The molecule has 7 heteroatoms. The van der Waals surface area contributed by atoms with Gasteiger partial charge in [-0.15, -0.1) is 0 Å². The van der Waals surface area contributed by atoms with E-state index in [1.54, 1.807) is 36.4 Å². The Kier molecular flexibility index (Phi) is 7.55. The van der Waals surface area contributed by atoms with Crippen molar-refractivity contribution in [2.75, 3.05) is 16.8 Å². The van der Waals surface area contributed by atoms with E-state index >= 15 is 0 Å². The molecule has 0 unspecified atom stereocenters. The summed E-state index contributed by atoms with van der Waals surface area (Å²) in [6.07, 6.45) is 0.685. The van der Waals surface area contributed by atoms with Crippen LogP contribution in [0.2, 0.25) is 5.02 Å². The van der Waals surface area contributed by atoms with E-state index in [1.807, 2.05) is 45.9 Å². The number of rotatable bonds is 6. The third kappa shape index (κ3) is 5.05. The van der Waals surface area contributed by atoms with E-state index in [2.05, 4.69) is 5.32 Å². The van der Waals surface area contributed by atoms with E-state index in [0.29, 0.717) is 34.1 Å². The fourth-order valence-corrected chi connectivity index (χ4v) is 4.49. The van der Waals surface area contributed by atoms with Crippen LogP contribution in [0.25, 0.3) is 0 Å². The van der Waals surface area contributed by atoms with Crippen molar-refractivity contribution < 1.29 is 14.0 Å². The molecule has 4 rings (SSSR count). The molecule has 0 aromatic heterocycles. The zero-order valence-corrected chi connectivity index (χ0v) is 21.6. The van der Waals surface area contributed by atoms with Gasteiger partial charge in [-0.2, -0.15) is 0 Å². The highest BCUT2D eigenvalue weighted by Crippen LogP contribution is 2.33. The number of halogens is 2. The molecule has 0 radical (unpaired) electrons. The second kappa shape index (κ2) is 10.6. The van der Waals surface area contributed by atoms with Crippen molar-refractivity contribution in [1.82, 2.24) is 0 Å². The third-order valence-corrected chi connectivity index (χ3v) is 7.02. The number of hydrogen-bond donors (Lipinski definition) is 1. The molecular formula is C29H29ClFN3O2. The van der Waals surface area contributed by atoms with Gasteiger partial charge in [0, 0.05) is 21.8 Å². The number of benzodiazepines with no additional fused rings is 1. The fraction of sp³-hybridized carbons (Fsp3) is 0.276. The van der Waals surface area contributed by atoms with E-state index in [1.165, 1.54) is 11.0 Å². The molecule has 1 heterocycles. The number of carbonyl (C=O) groups excluding carboxylic acids is 2. The summed E-state index contributed by atoms with van der Waals surface area (Å²) in [5.74, 6) is -1.22. The second-order valence-corrected chi connectivity index (χ2v) is 9.61. The smallest absolute Gasteiger partial charge is 0.252 e. The van der Waals surface area contributed by atoms with Gasteiger partial charge in [0.15, 0.2) is 0 Å². The van der Waals surface area contributed by atoms with Crippen LogP contribution in [0.15, 0.2) is 65.7 Å². The van der Waals surface area contributed by atoms with Gasteiger partial charge in [0.05, 0.1) is 11.4 Å². The predicted molar refractivity (Wildman–Crippen MR) is 144 cm³/mol. The SMILES string of the molecule is CC[C@@H](C)[C@@H]1N=C(c2ccccc2F)c2cc(Cl)ccc2N(CC(=O)Nc2cccc(C)c2C)C1=O. The first-order valence-corrected chi connectivity index (χ1v) is 12.4. The minimum atomic E-state index is -0.788. The Hall–Kier alpha value is -3.51. The summed E-state index contributed by atoms with van der Waals surface area (Å²) < 4.78 is 15.0. The lowest BCUT2D eigenvalue weighted by atomic mass is 9.97. The number of aryl methyl sites for hydroxylation is 1. The Bertz CT molecular complexity index is 1350. The number of hydrogen-bond acceptors (Lipinski definition) is 3. The molecular weight excluding hydrogens is 477 g/mol. The van der Waals surface area contributed by atoms with Crippen LogP contribution < -0.4 is 10.2 Å². The van der Waals surface area contributed by atoms with E-state index in [-0.39, 0.29) is 29.8 Å². The van der Waals surface area contributed by atoms with Gasteiger partial charge in [0.1, 0.15) is 18.4 Å². The van der Waals surface area contributed by atoms with Gasteiger partial charge in [0.25, 0.3) is 5.91 Å². The van der Waals surface area contributed by atoms with Crippen molar-refractivity contribution in [3.05, 3.63) is 93.8 Å². The first kappa shape index (κ1) is 25.6. The lowest BCUT2D eigenvalue weighted by Gasteiger charge is -2.27. The third-order valence-electron chi connectivity index (χ3n) is 6.78. The Balaban J connectivity index is 1.81. The lowest BCUT2D eigenvalue weighted by molar-refractivity contribution is -0.123. The van der Waals surface area contributed by atoms with Crippen molar-refractivity contribution >= 4 is 40.5 Å². The fourth-order valence-electron chi connectivity index (χ4n) is 4.32. The highest BCUT2D eigenvalue weighted by Gasteiger charge is 2.36. The van der Waals surface area contributed by atoms with Gasteiger partial charge in [-0.3, -0.25) is 14.6 Å². The molecule has 3 aromatic rings. The number of carbonyl (C=O) groups is 2. The van der Waals surface area contributed by atoms with Crippen LogP contribution in [0.4, 0.5) is 15.8 Å². The van der Waals surface area contributed by atoms with E-state index in [9.17, 15) is 14.0 Å². The number of anilines is 2.